The van der Waals surface area contributed by atoms with Gasteiger partial charge in [0.15, 0.2) is 0 Å². The summed E-state index contributed by atoms with van der Waals surface area (Å²) in [5, 5.41) is 4.41. The second kappa shape index (κ2) is 3.84. The molecule has 0 saturated heterocycles. The summed E-state index contributed by atoms with van der Waals surface area (Å²) in [6.07, 6.45) is 0. The molecular weight excluding hydrogens is 181 g/mol. The van der Waals surface area contributed by atoms with E-state index in [4.69, 9.17) is 23.2 Å². The third-order valence-electron chi connectivity index (χ3n) is 1.32. The number of anilines is 1. The second-order valence-corrected chi connectivity index (χ2v) is 2.94. The highest BCUT2D eigenvalue weighted by atomic mass is 35.5. The molecule has 1 rings (SSSR count). The molecule has 0 aliphatic rings. The maximum Gasteiger partial charge on any atom is 0.0718 e. The number of hydrogen-bond acceptors (Lipinski definition) is 1. The van der Waals surface area contributed by atoms with Crippen molar-refractivity contribution < 1.29 is 0 Å². The van der Waals surface area contributed by atoms with Crippen LogP contribution in [0.1, 0.15) is 6.92 Å². The van der Waals surface area contributed by atoms with E-state index >= 15 is 0 Å². The number of para-hydroxylation sites is 1. The average molecular weight is 190 g/mol. The Hall–Kier alpha value is -0.400. The van der Waals surface area contributed by atoms with Crippen LogP contribution < -0.4 is 5.32 Å². The Labute approximate surface area is 76.3 Å². The molecule has 0 unspecified atom stereocenters. The van der Waals surface area contributed by atoms with Gasteiger partial charge in [-0.15, -0.1) is 0 Å². The molecule has 0 heterocycles. The van der Waals surface area contributed by atoms with E-state index in [9.17, 15) is 0 Å². The lowest BCUT2D eigenvalue weighted by Gasteiger charge is -2.06. The maximum atomic E-state index is 5.86. The molecule has 1 aromatic carbocycles. The van der Waals surface area contributed by atoms with Crippen molar-refractivity contribution in [1.29, 1.82) is 0 Å². The van der Waals surface area contributed by atoms with Crippen LogP contribution in [0.5, 0.6) is 0 Å². The highest BCUT2D eigenvalue weighted by Crippen LogP contribution is 2.29. The molecule has 0 aromatic heterocycles. The molecule has 1 aromatic rings. The molecule has 0 aliphatic heterocycles. The minimum atomic E-state index is 0.666. The predicted molar refractivity (Wildman–Crippen MR) is 50.6 cm³/mol. The SMILES string of the molecule is CCNc1c(Cl)cccc1Cl. The van der Waals surface area contributed by atoms with Crippen LogP contribution in [0.25, 0.3) is 0 Å². The first-order chi connectivity index (χ1) is 5.25. The molecule has 1 nitrogen and oxygen atoms in total. The van der Waals surface area contributed by atoms with Crippen molar-refractivity contribution in [3.63, 3.8) is 0 Å². The lowest BCUT2D eigenvalue weighted by atomic mass is 10.3. The molecule has 0 spiro atoms. The number of rotatable bonds is 2. The monoisotopic (exact) mass is 189 g/mol. The summed E-state index contributed by atoms with van der Waals surface area (Å²) in [6, 6.07) is 5.45. The molecule has 1 N–H and O–H groups in total. The van der Waals surface area contributed by atoms with E-state index in [0.717, 1.165) is 12.2 Å². The van der Waals surface area contributed by atoms with Gasteiger partial charge in [0.05, 0.1) is 15.7 Å². The van der Waals surface area contributed by atoms with Crippen LogP contribution in [-0.4, -0.2) is 6.54 Å². The van der Waals surface area contributed by atoms with Crippen molar-refractivity contribution in [2.24, 2.45) is 0 Å². The normalized spacial score (nSPS) is 9.73. The van der Waals surface area contributed by atoms with Crippen molar-refractivity contribution in [3.05, 3.63) is 28.2 Å². The maximum absolute atomic E-state index is 5.86. The van der Waals surface area contributed by atoms with E-state index in [0.29, 0.717) is 10.0 Å². The fraction of sp³-hybridized carbons (Fsp3) is 0.250. The van der Waals surface area contributed by atoms with Gasteiger partial charge in [-0.05, 0) is 19.1 Å². The molecule has 3 heteroatoms. The van der Waals surface area contributed by atoms with Gasteiger partial charge >= 0.3 is 0 Å². The van der Waals surface area contributed by atoms with E-state index < -0.39 is 0 Å². The lowest BCUT2D eigenvalue weighted by molar-refractivity contribution is 1.21. The van der Waals surface area contributed by atoms with Crippen molar-refractivity contribution >= 4 is 28.9 Å². The van der Waals surface area contributed by atoms with Crippen LogP contribution in [0, 0.1) is 0 Å². The Kier molecular flexibility index (Phi) is 3.03. The third-order valence-corrected chi connectivity index (χ3v) is 1.95. The van der Waals surface area contributed by atoms with Crippen LogP contribution in [0.3, 0.4) is 0 Å². The molecule has 0 amide bonds. The first kappa shape index (κ1) is 8.69. The fourth-order valence-corrected chi connectivity index (χ4v) is 1.37. The number of halogens is 2. The first-order valence-corrected chi connectivity index (χ1v) is 4.19. The van der Waals surface area contributed by atoms with E-state index in [1.54, 1.807) is 0 Å². The van der Waals surface area contributed by atoms with Crippen LogP contribution in [0.15, 0.2) is 18.2 Å². The Bertz CT molecular complexity index is 228. The van der Waals surface area contributed by atoms with E-state index in [1.807, 2.05) is 25.1 Å². The summed E-state index contributed by atoms with van der Waals surface area (Å²) in [5.74, 6) is 0. The van der Waals surface area contributed by atoms with Crippen molar-refractivity contribution in [2.75, 3.05) is 11.9 Å². The minimum Gasteiger partial charge on any atom is -0.383 e. The van der Waals surface area contributed by atoms with Crippen molar-refractivity contribution in [1.82, 2.24) is 0 Å². The number of benzene rings is 1. The summed E-state index contributed by atoms with van der Waals surface area (Å²) >= 11 is 11.7. The Morgan fingerprint density at radius 1 is 1.27 bits per heavy atom. The zero-order valence-electron chi connectivity index (χ0n) is 6.20. The van der Waals surface area contributed by atoms with Gasteiger partial charge in [0.1, 0.15) is 0 Å². The summed E-state index contributed by atoms with van der Waals surface area (Å²) in [4.78, 5) is 0. The Morgan fingerprint density at radius 3 is 2.27 bits per heavy atom. The molecule has 0 saturated carbocycles. The molecule has 0 aliphatic carbocycles. The van der Waals surface area contributed by atoms with E-state index in [2.05, 4.69) is 5.32 Å². The van der Waals surface area contributed by atoms with Crippen LogP contribution in [-0.2, 0) is 0 Å². The standard InChI is InChI=1S/C8H9Cl2N/c1-2-11-8-6(9)4-3-5-7(8)10/h3-5,11H,2H2,1H3. The topological polar surface area (TPSA) is 12.0 Å². The summed E-state index contributed by atoms with van der Waals surface area (Å²) in [7, 11) is 0. The van der Waals surface area contributed by atoms with Gasteiger partial charge in [0, 0.05) is 6.54 Å². The van der Waals surface area contributed by atoms with Gasteiger partial charge in [0.25, 0.3) is 0 Å². The zero-order chi connectivity index (χ0) is 8.27. The average Bonchev–Trinajstić information content (AvgIpc) is 1.97. The molecule has 0 atom stereocenters. The molecular formula is C8H9Cl2N. The van der Waals surface area contributed by atoms with E-state index in [1.165, 1.54) is 0 Å². The van der Waals surface area contributed by atoms with Gasteiger partial charge in [-0.3, -0.25) is 0 Å². The molecule has 0 radical (unpaired) electrons. The van der Waals surface area contributed by atoms with Crippen LogP contribution in [0.2, 0.25) is 10.0 Å². The summed E-state index contributed by atoms with van der Waals surface area (Å²) in [5.41, 5.74) is 0.818. The molecule has 60 valence electrons. The third kappa shape index (κ3) is 2.01. The number of nitrogens with one attached hydrogen (secondary N) is 1. The Balaban J connectivity index is 3.00. The van der Waals surface area contributed by atoms with Crippen molar-refractivity contribution in [3.8, 4) is 0 Å². The molecule has 0 bridgehead atoms. The zero-order valence-corrected chi connectivity index (χ0v) is 7.71. The first-order valence-electron chi connectivity index (χ1n) is 3.43. The van der Waals surface area contributed by atoms with Gasteiger partial charge in [-0.25, -0.2) is 0 Å². The second-order valence-electron chi connectivity index (χ2n) is 2.13. The van der Waals surface area contributed by atoms with Crippen LogP contribution in [0.4, 0.5) is 5.69 Å². The van der Waals surface area contributed by atoms with Crippen molar-refractivity contribution in [2.45, 2.75) is 6.92 Å². The molecule has 0 fully saturated rings. The minimum absolute atomic E-state index is 0.666. The highest BCUT2D eigenvalue weighted by Gasteiger charge is 2.01. The lowest BCUT2D eigenvalue weighted by Crippen LogP contribution is -1.97. The quantitative estimate of drug-likeness (QED) is 0.753. The van der Waals surface area contributed by atoms with Gasteiger partial charge in [-0.2, -0.15) is 0 Å². The predicted octanol–water partition coefficient (Wildman–Crippen LogP) is 3.43. The summed E-state index contributed by atoms with van der Waals surface area (Å²) < 4.78 is 0. The molecule has 11 heavy (non-hydrogen) atoms. The number of hydrogen-bond donors (Lipinski definition) is 1. The van der Waals surface area contributed by atoms with Gasteiger partial charge in [-0.1, -0.05) is 29.3 Å². The van der Waals surface area contributed by atoms with Gasteiger partial charge in [0.2, 0.25) is 0 Å². The largest absolute Gasteiger partial charge is 0.383 e. The highest BCUT2D eigenvalue weighted by molar-refractivity contribution is 6.39. The van der Waals surface area contributed by atoms with Gasteiger partial charge < -0.3 is 5.32 Å². The Morgan fingerprint density at radius 2 is 1.82 bits per heavy atom. The van der Waals surface area contributed by atoms with E-state index in [-0.39, 0.29) is 0 Å². The van der Waals surface area contributed by atoms with Crippen LogP contribution >= 0.6 is 23.2 Å². The fourth-order valence-electron chi connectivity index (χ4n) is 0.843. The summed E-state index contributed by atoms with van der Waals surface area (Å²) in [6.45, 7) is 2.82. The smallest absolute Gasteiger partial charge is 0.0718 e.